The van der Waals surface area contributed by atoms with Crippen molar-refractivity contribution < 1.29 is 9.59 Å². The van der Waals surface area contributed by atoms with E-state index in [0.29, 0.717) is 17.5 Å². The molecule has 0 aliphatic heterocycles. The first-order chi connectivity index (χ1) is 13.7. The van der Waals surface area contributed by atoms with Crippen LogP contribution in [0.5, 0.6) is 0 Å². The molecular weight excluding hydrogens is 374 g/mol. The first-order valence-electron chi connectivity index (χ1n) is 8.95. The molecule has 1 aromatic heterocycles. The molecule has 0 spiro atoms. The van der Waals surface area contributed by atoms with Gasteiger partial charge in [-0.2, -0.15) is 0 Å². The Morgan fingerprint density at radius 3 is 2.54 bits per heavy atom. The highest BCUT2D eigenvalue weighted by atomic mass is 32.2. The number of nitrogens with zero attached hydrogens (tertiary/aromatic N) is 2. The van der Waals surface area contributed by atoms with Gasteiger partial charge in [-0.1, -0.05) is 49.0 Å². The molecule has 0 saturated heterocycles. The fourth-order valence-electron chi connectivity index (χ4n) is 2.45. The number of carbonyl (C=O) groups is 2. The summed E-state index contributed by atoms with van der Waals surface area (Å²) in [6, 6.07) is 16.9. The molecule has 8 heteroatoms. The summed E-state index contributed by atoms with van der Waals surface area (Å²) in [5, 5.41) is 9.54. The third-order valence-electron chi connectivity index (χ3n) is 3.74. The van der Waals surface area contributed by atoms with Gasteiger partial charge in [-0.3, -0.25) is 10.1 Å². The maximum atomic E-state index is 12.0. The van der Waals surface area contributed by atoms with Crippen LogP contribution < -0.4 is 16.0 Å². The van der Waals surface area contributed by atoms with Crippen molar-refractivity contribution in [1.82, 2.24) is 20.6 Å². The predicted molar refractivity (Wildman–Crippen MR) is 112 cm³/mol. The van der Waals surface area contributed by atoms with Crippen molar-refractivity contribution in [2.45, 2.75) is 18.5 Å². The van der Waals surface area contributed by atoms with E-state index in [1.165, 1.54) is 11.8 Å². The van der Waals surface area contributed by atoms with Gasteiger partial charge in [0.2, 0.25) is 5.91 Å². The molecule has 0 radical (unpaired) electrons. The molecular formula is C20H21N5O2S. The molecule has 144 valence electrons. The monoisotopic (exact) mass is 395 g/mol. The van der Waals surface area contributed by atoms with Crippen molar-refractivity contribution in [3.8, 4) is 0 Å². The highest BCUT2D eigenvalue weighted by Crippen LogP contribution is 2.26. The second kappa shape index (κ2) is 9.70. The SMILES string of the molecule is CCCNC(=O)NC(=O)CSc1nc(Nc2ccccc2)c2ccccc2n1. The highest BCUT2D eigenvalue weighted by molar-refractivity contribution is 7.99. The van der Waals surface area contributed by atoms with Crippen LogP contribution >= 0.6 is 11.8 Å². The van der Waals surface area contributed by atoms with E-state index in [4.69, 9.17) is 0 Å². The van der Waals surface area contributed by atoms with Crippen LogP contribution in [0, 0.1) is 0 Å². The Morgan fingerprint density at radius 1 is 1.00 bits per heavy atom. The number of hydrogen-bond acceptors (Lipinski definition) is 6. The minimum absolute atomic E-state index is 0.0443. The van der Waals surface area contributed by atoms with Gasteiger partial charge in [0.1, 0.15) is 5.82 Å². The van der Waals surface area contributed by atoms with E-state index in [9.17, 15) is 9.59 Å². The zero-order valence-corrected chi connectivity index (χ0v) is 16.3. The molecule has 1 heterocycles. The molecule has 0 unspecified atom stereocenters. The number of para-hydroxylation sites is 2. The number of nitrogens with one attached hydrogen (secondary N) is 3. The van der Waals surface area contributed by atoms with Gasteiger partial charge in [-0.25, -0.2) is 14.8 Å². The van der Waals surface area contributed by atoms with E-state index < -0.39 is 11.9 Å². The summed E-state index contributed by atoms with van der Waals surface area (Å²) in [4.78, 5) is 32.6. The van der Waals surface area contributed by atoms with Gasteiger partial charge in [0.25, 0.3) is 0 Å². The molecule has 3 amide bonds. The van der Waals surface area contributed by atoms with E-state index in [1.54, 1.807) is 0 Å². The van der Waals surface area contributed by atoms with Gasteiger partial charge in [-0.05, 0) is 30.7 Å². The Hall–Kier alpha value is -3.13. The van der Waals surface area contributed by atoms with Crippen molar-refractivity contribution >= 4 is 46.1 Å². The van der Waals surface area contributed by atoms with E-state index >= 15 is 0 Å². The Morgan fingerprint density at radius 2 is 1.75 bits per heavy atom. The number of amides is 3. The van der Waals surface area contributed by atoms with Crippen LogP contribution in [0.4, 0.5) is 16.3 Å². The number of thioether (sulfide) groups is 1. The standard InChI is InChI=1S/C20H21N5O2S/c1-2-12-21-19(27)24-17(26)13-28-20-23-16-11-7-6-10-15(16)18(25-20)22-14-8-4-3-5-9-14/h3-11H,2,12-13H2,1H3,(H,22,23,25)(H2,21,24,26,27). The smallest absolute Gasteiger partial charge is 0.321 e. The molecule has 0 saturated carbocycles. The number of aromatic nitrogens is 2. The minimum Gasteiger partial charge on any atom is -0.340 e. The summed E-state index contributed by atoms with van der Waals surface area (Å²) >= 11 is 1.18. The topological polar surface area (TPSA) is 96.0 Å². The summed E-state index contributed by atoms with van der Waals surface area (Å²) in [6.07, 6.45) is 0.804. The Bertz CT molecular complexity index is 965. The Balaban J connectivity index is 1.73. The second-order valence-corrected chi connectivity index (χ2v) is 6.90. The second-order valence-electron chi connectivity index (χ2n) is 5.96. The van der Waals surface area contributed by atoms with Crippen molar-refractivity contribution in [1.29, 1.82) is 0 Å². The number of anilines is 2. The molecule has 3 rings (SSSR count). The lowest BCUT2D eigenvalue weighted by Crippen LogP contribution is -2.40. The van der Waals surface area contributed by atoms with Gasteiger partial charge in [0.15, 0.2) is 5.16 Å². The van der Waals surface area contributed by atoms with Gasteiger partial charge >= 0.3 is 6.03 Å². The molecule has 2 aromatic carbocycles. The maximum Gasteiger partial charge on any atom is 0.321 e. The van der Waals surface area contributed by atoms with E-state index in [2.05, 4.69) is 25.9 Å². The lowest BCUT2D eigenvalue weighted by molar-refractivity contribution is -0.117. The predicted octanol–water partition coefficient (Wildman–Crippen LogP) is 3.70. The molecule has 0 bridgehead atoms. The number of carbonyl (C=O) groups excluding carboxylic acids is 2. The number of benzene rings is 2. The van der Waals surface area contributed by atoms with Crippen molar-refractivity contribution in [2.24, 2.45) is 0 Å². The summed E-state index contributed by atoms with van der Waals surface area (Å²) < 4.78 is 0. The van der Waals surface area contributed by atoms with Crippen LogP contribution in [-0.2, 0) is 4.79 Å². The third-order valence-corrected chi connectivity index (χ3v) is 4.59. The summed E-state index contributed by atoms with van der Waals surface area (Å²) in [5.41, 5.74) is 1.69. The minimum atomic E-state index is -0.488. The van der Waals surface area contributed by atoms with Crippen LogP contribution in [0.2, 0.25) is 0 Å². The van der Waals surface area contributed by atoms with E-state index in [1.807, 2.05) is 61.5 Å². The number of imide groups is 1. The Kier molecular flexibility index (Phi) is 6.80. The van der Waals surface area contributed by atoms with Crippen molar-refractivity contribution in [3.63, 3.8) is 0 Å². The largest absolute Gasteiger partial charge is 0.340 e. The molecule has 7 nitrogen and oxygen atoms in total. The van der Waals surface area contributed by atoms with E-state index in [0.717, 1.165) is 23.0 Å². The van der Waals surface area contributed by atoms with Gasteiger partial charge in [-0.15, -0.1) is 0 Å². The van der Waals surface area contributed by atoms with E-state index in [-0.39, 0.29) is 5.75 Å². The number of urea groups is 1. The zero-order chi connectivity index (χ0) is 19.8. The normalized spacial score (nSPS) is 10.5. The molecule has 3 N–H and O–H groups in total. The highest BCUT2D eigenvalue weighted by Gasteiger charge is 2.12. The lowest BCUT2D eigenvalue weighted by Gasteiger charge is -2.10. The van der Waals surface area contributed by atoms with Crippen LogP contribution in [0.15, 0.2) is 59.8 Å². The molecule has 0 aliphatic rings. The number of rotatable bonds is 7. The average Bonchev–Trinajstić information content (AvgIpc) is 2.71. The van der Waals surface area contributed by atoms with Gasteiger partial charge in [0.05, 0.1) is 11.3 Å². The van der Waals surface area contributed by atoms with Crippen LogP contribution in [0.1, 0.15) is 13.3 Å². The fourth-order valence-corrected chi connectivity index (χ4v) is 3.10. The van der Waals surface area contributed by atoms with Crippen LogP contribution in [0.25, 0.3) is 10.9 Å². The summed E-state index contributed by atoms with van der Waals surface area (Å²) in [5.74, 6) is 0.316. The van der Waals surface area contributed by atoms with Gasteiger partial charge in [0, 0.05) is 17.6 Å². The summed E-state index contributed by atoms with van der Waals surface area (Å²) in [6.45, 7) is 2.46. The zero-order valence-electron chi connectivity index (χ0n) is 15.4. The molecule has 3 aromatic rings. The van der Waals surface area contributed by atoms with Crippen LogP contribution in [0.3, 0.4) is 0 Å². The lowest BCUT2D eigenvalue weighted by atomic mass is 10.2. The first kappa shape index (κ1) is 19.6. The molecule has 0 atom stereocenters. The van der Waals surface area contributed by atoms with Crippen LogP contribution in [-0.4, -0.2) is 34.2 Å². The maximum absolute atomic E-state index is 12.0. The Labute approximate surface area is 167 Å². The molecule has 0 fully saturated rings. The quantitative estimate of drug-likeness (QED) is 0.417. The average molecular weight is 395 g/mol. The molecule has 28 heavy (non-hydrogen) atoms. The summed E-state index contributed by atoms with van der Waals surface area (Å²) in [7, 11) is 0. The number of fused-ring (bicyclic) bond motifs is 1. The first-order valence-corrected chi connectivity index (χ1v) is 9.93. The fraction of sp³-hybridized carbons (Fsp3) is 0.200. The van der Waals surface area contributed by atoms with Crippen molar-refractivity contribution in [2.75, 3.05) is 17.6 Å². The third kappa shape index (κ3) is 5.43. The molecule has 0 aliphatic carbocycles. The van der Waals surface area contributed by atoms with Crippen molar-refractivity contribution in [3.05, 3.63) is 54.6 Å². The number of hydrogen-bond donors (Lipinski definition) is 3. The van der Waals surface area contributed by atoms with Gasteiger partial charge < -0.3 is 10.6 Å².